The lowest BCUT2D eigenvalue weighted by atomic mass is 10.1. The highest BCUT2D eigenvalue weighted by atomic mass is 16.6. The number of rotatable bonds is 4. The van der Waals surface area contributed by atoms with E-state index in [1.807, 2.05) is 6.92 Å². The Kier molecular flexibility index (Phi) is 4.78. The molecule has 2 atom stereocenters. The Morgan fingerprint density at radius 1 is 1.63 bits per heavy atom. The van der Waals surface area contributed by atoms with Crippen molar-refractivity contribution in [3.63, 3.8) is 0 Å². The normalized spacial score (nSPS) is 20.9. The predicted octanol–water partition coefficient (Wildman–Crippen LogP) is 2.02. The number of ether oxygens (including phenoxy) is 1. The van der Waals surface area contributed by atoms with Crippen molar-refractivity contribution in [1.29, 1.82) is 0 Å². The quantitative estimate of drug-likeness (QED) is 0.337. The van der Waals surface area contributed by atoms with E-state index < -0.39 is 23.7 Å². The van der Waals surface area contributed by atoms with Gasteiger partial charge in [0.25, 0.3) is 0 Å². The zero-order valence-corrected chi connectivity index (χ0v) is 11.8. The monoisotopic (exact) mass is 268 g/mol. The van der Waals surface area contributed by atoms with Crippen LogP contribution < -0.4 is 0 Å². The van der Waals surface area contributed by atoms with Gasteiger partial charge in [-0.25, -0.2) is 4.79 Å². The second-order valence-electron chi connectivity index (χ2n) is 5.50. The summed E-state index contributed by atoms with van der Waals surface area (Å²) >= 11 is 0. The van der Waals surface area contributed by atoms with E-state index >= 15 is 0 Å². The number of likely N-dealkylation sites (tertiary alicyclic amines) is 1. The smallest absolute Gasteiger partial charge is 0.329 e. The molecule has 0 spiro atoms. The van der Waals surface area contributed by atoms with Gasteiger partial charge in [-0.15, -0.1) is 0 Å². The van der Waals surface area contributed by atoms with Crippen LogP contribution >= 0.6 is 0 Å². The number of carbonyl (C=O) groups is 2. The molecule has 1 aliphatic rings. The predicted molar refractivity (Wildman–Crippen MR) is 69.2 cm³/mol. The van der Waals surface area contributed by atoms with Crippen molar-refractivity contribution in [1.82, 2.24) is 4.90 Å². The van der Waals surface area contributed by atoms with E-state index in [-0.39, 0.29) is 5.91 Å². The zero-order valence-electron chi connectivity index (χ0n) is 11.8. The molecule has 0 radical (unpaired) electrons. The van der Waals surface area contributed by atoms with Crippen molar-refractivity contribution in [2.24, 2.45) is 5.11 Å². The lowest BCUT2D eigenvalue weighted by molar-refractivity contribution is -0.164. The van der Waals surface area contributed by atoms with Gasteiger partial charge >= 0.3 is 5.97 Å². The summed E-state index contributed by atoms with van der Waals surface area (Å²) in [5.41, 5.74) is 7.80. The topological polar surface area (TPSA) is 95.4 Å². The van der Waals surface area contributed by atoms with Gasteiger partial charge in [0.1, 0.15) is 17.7 Å². The number of carbonyl (C=O) groups excluding carboxylic acids is 2. The molecule has 0 aromatic rings. The Balaban J connectivity index is 2.79. The first-order valence-electron chi connectivity index (χ1n) is 6.37. The van der Waals surface area contributed by atoms with Crippen LogP contribution in [0.3, 0.4) is 0 Å². The summed E-state index contributed by atoms with van der Waals surface area (Å²) in [6.45, 7) is 7.59. The molecule has 1 saturated heterocycles. The van der Waals surface area contributed by atoms with Gasteiger partial charge in [-0.05, 0) is 39.1 Å². The van der Waals surface area contributed by atoms with Crippen molar-refractivity contribution >= 4 is 11.9 Å². The first kappa shape index (κ1) is 15.3. The molecule has 2 unspecified atom stereocenters. The first-order valence-corrected chi connectivity index (χ1v) is 6.37. The van der Waals surface area contributed by atoms with Crippen molar-refractivity contribution in [3.8, 4) is 0 Å². The Morgan fingerprint density at radius 2 is 2.26 bits per heavy atom. The van der Waals surface area contributed by atoms with E-state index in [1.165, 1.54) is 4.90 Å². The van der Waals surface area contributed by atoms with Gasteiger partial charge in [-0.3, -0.25) is 4.79 Å². The van der Waals surface area contributed by atoms with Crippen molar-refractivity contribution in [2.45, 2.75) is 58.2 Å². The fourth-order valence-electron chi connectivity index (χ4n) is 2.05. The van der Waals surface area contributed by atoms with E-state index in [0.29, 0.717) is 19.4 Å². The highest BCUT2D eigenvalue weighted by Crippen LogP contribution is 2.21. The fraction of sp³-hybridized carbons (Fsp3) is 0.833. The third-order valence-electron chi connectivity index (χ3n) is 2.84. The van der Waals surface area contributed by atoms with Gasteiger partial charge in [-0.1, -0.05) is 12.0 Å². The molecule has 0 aromatic heterocycles. The maximum Gasteiger partial charge on any atom is 0.329 e. The van der Waals surface area contributed by atoms with Crippen LogP contribution in [-0.4, -0.2) is 41.0 Å². The number of esters is 1. The van der Waals surface area contributed by atoms with Crippen LogP contribution in [0.25, 0.3) is 10.4 Å². The van der Waals surface area contributed by atoms with Crippen LogP contribution in [0, 0.1) is 0 Å². The summed E-state index contributed by atoms with van der Waals surface area (Å²) in [6, 6.07) is -1.30. The summed E-state index contributed by atoms with van der Waals surface area (Å²) < 4.78 is 5.31. The van der Waals surface area contributed by atoms with E-state index in [4.69, 9.17) is 10.3 Å². The highest BCUT2D eigenvalue weighted by molar-refractivity contribution is 5.89. The van der Waals surface area contributed by atoms with E-state index in [9.17, 15) is 9.59 Å². The Hall–Kier alpha value is -1.75. The summed E-state index contributed by atoms with van der Waals surface area (Å²) in [6.07, 6.45) is 0.922. The highest BCUT2D eigenvalue weighted by Gasteiger charge is 2.39. The van der Waals surface area contributed by atoms with E-state index in [1.54, 1.807) is 20.8 Å². The number of azide groups is 1. The molecule has 1 rings (SSSR count). The second-order valence-corrected chi connectivity index (χ2v) is 5.50. The molecule has 0 N–H and O–H groups in total. The lowest BCUT2D eigenvalue weighted by Crippen LogP contribution is -2.45. The van der Waals surface area contributed by atoms with Gasteiger partial charge < -0.3 is 9.64 Å². The van der Waals surface area contributed by atoms with Crippen LogP contribution in [0.5, 0.6) is 0 Å². The van der Waals surface area contributed by atoms with Crippen molar-refractivity contribution < 1.29 is 14.3 Å². The number of nitrogens with zero attached hydrogens (tertiary/aromatic N) is 4. The van der Waals surface area contributed by atoms with Crippen molar-refractivity contribution in [3.05, 3.63) is 10.4 Å². The van der Waals surface area contributed by atoms with Gasteiger partial charge in [0.15, 0.2) is 0 Å². The molecule has 0 bridgehead atoms. The van der Waals surface area contributed by atoms with Crippen LogP contribution in [-0.2, 0) is 14.3 Å². The molecule has 1 aliphatic heterocycles. The Bertz CT molecular complexity index is 410. The molecule has 7 nitrogen and oxygen atoms in total. The van der Waals surface area contributed by atoms with Gasteiger partial charge in [-0.2, -0.15) is 0 Å². The molecule has 1 heterocycles. The molecule has 7 heteroatoms. The summed E-state index contributed by atoms with van der Waals surface area (Å²) in [5, 5.41) is 3.44. The third kappa shape index (κ3) is 3.86. The minimum absolute atomic E-state index is 0.296. The molecule has 0 aliphatic carbocycles. The van der Waals surface area contributed by atoms with Crippen LogP contribution in [0.2, 0.25) is 0 Å². The van der Waals surface area contributed by atoms with Gasteiger partial charge in [0, 0.05) is 11.5 Å². The fourth-order valence-corrected chi connectivity index (χ4v) is 2.05. The minimum Gasteiger partial charge on any atom is -0.458 e. The molecule has 106 valence electrons. The molecular formula is C12H20N4O3. The lowest BCUT2D eigenvalue weighted by Gasteiger charge is -2.29. The van der Waals surface area contributed by atoms with Crippen molar-refractivity contribution in [2.75, 3.05) is 6.54 Å². The standard InChI is InChI=1S/C12H20N4O3/c1-5-9(11(18)19-12(2,3)4)16-7-6-8(10(16)17)14-15-13/h8-9H,5-7H2,1-4H3. The SMILES string of the molecule is CCC(C(=O)OC(C)(C)C)N1CCC(N=[N+]=[N-])C1=O. The zero-order chi connectivity index (χ0) is 14.6. The maximum atomic E-state index is 12.1. The third-order valence-corrected chi connectivity index (χ3v) is 2.84. The molecular weight excluding hydrogens is 248 g/mol. The van der Waals surface area contributed by atoms with Crippen LogP contribution in [0.1, 0.15) is 40.5 Å². The van der Waals surface area contributed by atoms with E-state index in [2.05, 4.69) is 10.0 Å². The molecule has 0 aromatic carbocycles. The van der Waals surface area contributed by atoms with Gasteiger partial charge in [0.2, 0.25) is 5.91 Å². The minimum atomic E-state index is -0.693. The number of amides is 1. The molecule has 0 saturated carbocycles. The Morgan fingerprint density at radius 3 is 2.74 bits per heavy atom. The molecule has 19 heavy (non-hydrogen) atoms. The first-order chi connectivity index (χ1) is 8.80. The van der Waals surface area contributed by atoms with E-state index in [0.717, 1.165) is 0 Å². The average molecular weight is 268 g/mol. The molecule has 1 fully saturated rings. The summed E-state index contributed by atoms with van der Waals surface area (Å²) in [7, 11) is 0. The van der Waals surface area contributed by atoms with Crippen LogP contribution in [0.4, 0.5) is 0 Å². The average Bonchev–Trinajstić information content (AvgIpc) is 2.61. The van der Waals surface area contributed by atoms with Gasteiger partial charge in [0.05, 0.1) is 0 Å². The maximum absolute atomic E-state index is 12.1. The number of hydrogen-bond donors (Lipinski definition) is 0. The molecule has 1 amide bonds. The Labute approximate surface area is 112 Å². The summed E-state index contributed by atoms with van der Waals surface area (Å²) in [4.78, 5) is 28.2. The number of hydrogen-bond acceptors (Lipinski definition) is 4. The van der Waals surface area contributed by atoms with Crippen LogP contribution in [0.15, 0.2) is 5.11 Å². The second kappa shape index (κ2) is 5.93. The largest absolute Gasteiger partial charge is 0.458 e. The summed E-state index contributed by atoms with van der Waals surface area (Å²) in [5.74, 6) is -0.708.